The van der Waals surface area contributed by atoms with Crippen LogP contribution in [0.3, 0.4) is 0 Å². The van der Waals surface area contributed by atoms with Crippen molar-refractivity contribution < 1.29 is 22.7 Å². The van der Waals surface area contributed by atoms with E-state index >= 15 is 0 Å². The first-order chi connectivity index (χ1) is 18.0. The SMILES string of the molecule is COc1ccc(N(CC(=O)N(Cc2cccc(C)c2)C(C)C(=O)NC(C)C)S(=O)(=O)c2ccccc2)cc1. The summed E-state index contributed by atoms with van der Waals surface area (Å²) in [6.45, 7) is 6.94. The molecule has 202 valence electrons. The molecular formula is C29H35N3O5S. The monoisotopic (exact) mass is 537 g/mol. The summed E-state index contributed by atoms with van der Waals surface area (Å²) >= 11 is 0. The number of aryl methyl sites for hydroxylation is 1. The molecule has 1 N–H and O–H groups in total. The maximum Gasteiger partial charge on any atom is 0.264 e. The van der Waals surface area contributed by atoms with Gasteiger partial charge < -0.3 is 15.0 Å². The third-order valence-corrected chi connectivity index (χ3v) is 7.79. The van der Waals surface area contributed by atoms with Crippen LogP contribution in [0.25, 0.3) is 0 Å². The molecule has 0 aliphatic carbocycles. The van der Waals surface area contributed by atoms with Gasteiger partial charge in [0, 0.05) is 12.6 Å². The molecule has 0 aliphatic rings. The molecule has 8 nitrogen and oxygen atoms in total. The van der Waals surface area contributed by atoms with Crippen LogP contribution in [0.2, 0.25) is 0 Å². The number of anilines is 1. The van der Waals surface area contributed by atoms with Gasteiger partial charge in [-0.25, -0.2) is 8.42 Å². The minimum atomic E-state index is -4.10. The molecule has 3 aromatic rings. The van der Waals surface area contributed by atoms with E-state index in [1.807, 2.05) is 45.0 Å². The summed E-state index contributed by atoms with van der Waals surface area (Å²) in [4.78, 5) is 28.3. The molecule has 0 heterocycles. The Labute approximate surface area is 225 Å². The van der Waals surface area contributed by atoms with Crippen molar-refractivity contribution in [2.75, 3.05) is 18.0 Å². The van der Waals surface area contributed by atoms with Gasteiger partial charge in [0.05, 0.1) is 17.7 Å². The predicted molar refractivity (Wildman–Crippen MR) is 148 cm³/mol. The first kappa shape index (κ1) is 28.7. The molecule has 3 rings (SSSR count). The van der Waals surface area contributed by atoms with Gasteiger partial charge in [0.25, 0.3) is 10.0 Å². The summed E-state index contributed by atoms with van der Waals surface area (Å²) in [7, 11) is -2.58. The van der Waals surface area contributed by atoms with E-state index in [9.17, 15) is 18.0 Å². The summed E-state index contributed by atoms with van der Waals surface area (Å²) in [6.07, 6.45) is 0. The van der Waals surface area contributed by atoms with Crippen LogP contribution in [-0.4, -0.2) is 50.9 Å². The van der Waals surface area contributed by atoms with Crippen LogP contribution < -0.4 is 14.4 Å². The van der Waals surface area contributed by atoms with E-state index in [0.29, 0.717) is 11.4 Å². The van der Waals surface area contributed by atoms with Gasteiger partial charge in [-0.3, -0.25) is 13.9 Å². The lowest BCUT2D eigenvalue weighted by molar-refractivity contribution is -0.139. The third-order valence-electron chi connectivity index (χ3n) is 6.00. The number of benzene rings is 3. The van der Waals surface area contributed by atoms with Crippen molar-refractivity contribution in [3.8, 4) is 5.75 Å². The van der Waals surface area contributed by atoms with Crippen molar-refractivity contribution in [1.82, 2.24) is 10.2 Å². The smallest absolute Gasteiger partial charge is 0.264 e. The van der Waals surface area contributed by atoms with Crippen molar-refractivity contribution >= 4 is 27.5 Å². The molecule has 0 fully saturated rings. The molecule has 1 atom stereocenters. The zero-order chi connectivity index (χ0) is 27.9. The number of nitrogens with zero attached hydrogens (tertiary/aromatic N) is 2. The molecule has 0 aliphatic heterocycles. The van der Waals surface area contributed by atoms with Crippen LogP contribution in [0.1, 0.15) is 31.9 Å². The Morgan fingerprint density at radius 1 is 0.921 bits per heavy atom. The zero-order valence-corrected chi connectivity index (χ0v) is 23.2. The van der Waals surface area contributed by atoms with E-state index in [0.717, 1.165) is 15.4 Å². The molecule has 0 bridgehead atoms. The van der Waals surface area contributed by atoms with Crippen LogP contribution >= 0.6 is 0 Å². The van der Waals surface area contributed by atoms with Gasteiger partial charge in [0.1, 0.15) is 18.3 Å². The Morgan fingerprint density at radius 2 is 1.58 bits per heavy atom. The van der Waals surface area contributed by atoms with Crippen molar-refractivity contribution in [2.45, 2.75) is 51.2 Å². The van der Waals surface area contributed by atoms with Crippen LogP contribution in [0, 0.1) is 6.92 Å². The lowest BCUT2D eigenvalue weighted by Gasteiger charge is -2.32. The third kappa shape index (κ3) is 7.13. The lowest BCUT2D eigenvalue weighted by Crippen LogP contribution is -2.52. The summed E-state index contributed by atoms with van der Waals surface area (Å²) in [5.41, 5.74) is 2.16. The average molecular weight is 538 g/mol. The molecule has 0 saturated heterocycles. The summed E-state index contributed by atoms with van der Waals surface area (Å²) in [5, 5.41) is 2.85. The Morgan fingerprint density at radius 3 is 2.16 bits per heavy atom. The maximum absolute atomic E-state index is 13.9. The van der Waals surface area contributed by atoms with Crippen molar-refractivity contribution in [3.05, 3.63) is 90.0 Å². The molecule has 1 unspecified atom stereocenters. The number of methoxy groups -OCH3 is 1. The number of hydrogen-bond acceptors (Lipinski definition) is 5. The second kappa shape index (κ2) is 12.6. The number of amides is 2. The number of sulfonamides is 1. The molecular weight excluding hydrogens is 502 g/mol. The molecule has 3 aromatic carbocycles. The standard InChI is InChI=1S/C29H35N3O5S/c1-21(2)30-29(34)23(4)31(19-24-11-9-10-22(3)18-24)28(33)20-32(25-14-16-26(37-5)17-15-25)38(35,36)27-12-7-6-8-13-27/h6-18,21,23H,19-20H2,1-5H3,(H,30,34). The van der Waals surface area contributed by atoms with Gasteiger partial charge in [0.2, 0.25) is 11.8 Å². The van der Waals surface area contributed by atoms with Crippen molar-refractivity contribution in [1.29, 1.82) is 0 Å². The number of rotatable bonds is 11. The van der Waals surface area contributed by atoms with E-state index < -0.39 is 28.5 Å². The number of carbonyl (C=O) groups is 2. The molecule has 9 heteroatoms. The Balaban J connectivity index is 2.02. The van der Waals surface area contributed by atoms with Crippen LogP contribution in [0.5, 0.6) is 5.75 Å². The lowest BCUT2D eigenvalue weighted by atomic mass is 10.1. The predicted octanol–water partition coefficient (Wildman–Crippen LogP) is 4.14. The molecule has 38 heavy (non-hydrogen) atoms. The molecule has 0 saturated carbocycles. The molecule has 0 aromatic heterocycles. The van der Waals surface area contributed by atoms with Gasteiger partial charge >= 0.3 is 0 Å². The van der Waals surface area contributed by atoms with Crippen LogP contribution in [-0.2, 0) is 26.2 Å². The highest BCUT2D eigenvalue weighted by Crippen LogP contribution is 2.26. The molecule has 0 spiro atoms. The van der Waals surface area contributed by atoms with Gasteiger partial charge in [0.15, 0.2) is 0 Å². The fourth-order valence-electron chi connectivity index (χ4n) is 3.99. The Kier molecular flexibility index (Phi) is 9.52. The highest BCUT2D eigenvalue weighted by atomic mass is 32.2. The fourth-order valence-corrected chi connectivity index (χ4v) is 5.43. The Hall–Kier alpha value is -3.85. The molecule has 0 radical (unpaired) electrons. The normalized spacial score (nSPS) is 12.1. The number of hydrogen-bond donors (Lipinski definition) is 1. The van der Waals surface area contributed by atoms with Gasteiger partial charge in [-0.2, -0.15) is 0 Å². The quantitative estimate of drug-likeness (QED) is 0.397. The highest BCUT2D eigenvalue weighted by molar-refractivity contribution is 7.92. The minimum Gasteiger partial charge on any atom is -0.497 e. The topological polar surface area (TPSA) is 96.0 Å². The largest absolute Gasteiger partial charge is 0.497 e. The molecule has 2 amide bonds. The highest BCUT2D eigenvalue weighted by Gasteiger charge is 2.32. The van der Waals surface area contributed by atoms with E-state index in [1.54, 1.807) is 49.4 Å². The van der Waals surface area contributed by atoms with Crippen LogP contribution in [0.4, 0.5) is 5.69 Å². The maximum atomic E-state index is 13.9. The van der Waals surface area contributed by atoms with Crippen LogP contribution in [0.15, 0.2) is 83.8 Å². The second-order valence-corrected chi connectivity index (χ2v) is 11.2. The van der Waals surface area contributed by atoms with Gasteiger partial charge in [-0.1, -0.05) is 48.0 Å². The first-order valence-corrected chi connectivity index (χ1v) is 13.8. The number of carbonyl (C=O) groups excluding carboxylic acids is 2. The number of nitrogens with one attached hydrogen (secondary N) is 1. The fraction of sp³-hybridized carbons (Fsp3) is 0.310. The van der Waals surface area contributed by atoms with Crippen molar-refractivity contribution in [3.63, 3.8) is 0 Å². The van der Waals surface area contributed by atoms with E-state index in [-0.39, 0.29) is 23.4 Å². The zero-order valence-electron chi connectivity index (χ0n) is 22.4. The van der Waals surface area contributed by atoms with Crippen molar-refractivity contribution in [2.24, 2.45) is 0 Å². The van der Waals surface area contributed by atoms with E-state index in [4.69, 9.17) is 4.74 Å². The van der Waals surface area contributed by atoms with E-state index in [1.165, 1.54) is 24.1 Å². The summed E-state index contributed by atoms with van der Waals surface area (Å²) in [5.74, 6) is -0.270. The Bertz CT molecular complexity index is 1340. The van der Waals surface area contributed by atoms with Gasteiger partial charge in [-0.05, 0) is 69.7 Å². The minimum absolute atomic E-state index is 0.0550. The van der Waals surface area contributed by atoms with Gasteiger partial charge in [-0.15, -0.1) is 0 Å². The van der Waals surface area contributed by atoms with E-state index in [2.05, 4.69) is 5.32 Å². The first-order valence-electron chi connectivity index (χ1n) is 12.4. The summed E-state index contributed by atoms with van der Waals surface area (Å²) < 4.78 is 33.8. The summed E-state index contributed by atoms with van der Waals surface area (Å²) in [6, 6.07) is 21.1. The average Bonchev–Trinajstić information content (AvgIpc) is 2.90. The number of ether oxygens (including phenoxy) is 1. The second-order valence-electron chi connectivity index (χ2n) is 9.37.